The van der Waals surface area contributed by atoms with E-state index in [1.807, 2.05) is 18.2 Å². The van der Waals surface area contributed by atoms with E-state index in [9.17, 15) is 0 Å². The number of nitrogens with one attached hydrogen (secondary N) is 1. The third-order valence-corrected chi connectivity index (χ3v) is 6.54. The molecular formula is C16H17BrN4OS3. The lowest BCUT2D eigenvalue weighted by molar-refractivity contribution is 0.416. The summed E-state index contributed by atoms with van der Waals surface area (Å²) in [5.74, 6) is 1.59. The second kappa shape index (κ2) is 8.48. The van der Waals surface area contributed by atoms with E-state index >= 15 is 0 Å². The summed E-state index contributed by atoms with van der Waals surface area (Å²) in [5.41, 5.74) is 2.03. The number of rotatable bonds is 7. The van der Waals surface area contributed by atoms with Crippen molar-refractivity contribution in [3.05, 3.63) is 33.7 Å². The van der Waals surface area contributed by atoms with Crippen LogP contribution < -0.4 is 10.1 Å². The van der Waals surface area contributed by atoms with Gasteiger partial charge >= 0.3 is 0 Å². The third kappa shape index (κ3) is 4.93. The smallest absolute Gasteiger partial charge is 0.206 e. The number of hydrogen-bond acceptors (Lipinski definition) is 8. The van der Waals surface area contributed by atoms with Gasteiger partial charge in [-0.3, -0.25) is 0 Å². The van der Waals surface area contributed by atoms with E-state index < -0.39 is 0 Å². The molecule has 2 aromatic heterocycles. The molecule has 0 bridgehead atoms. The monoisotopic (exact) mass is 456 g/mol. The second-order valence-electron chi connectivity index (χ2n) is 5.45. The average molecular weight is 457 g/mol. The van der Waals surface area contributed by atoms with Crippen molar-refractivity contribution in [1.29, 1.82) is 0 Å². The fourth-order valence-electron chi connectivity index (χ4n) is 2.05. The molecule has 0 saturated heterocycles. The molecule has 0 radical (unpaired) electrons. The zero-order valence-electron chi connectivity index (χ0n) is 13.9. The predicted octanol–water partition coefficient (Wildman–Crippen LogP) is 5.55. The summed E-state index contributed by atoms with van der Waals surface area (Å²) in [6.07, 6.45) is 0. The lowest BCUT2D eigenvalue weighted by Crippen LogP contribution is -2.08. The molecule has 2 heterocycles. The highest BCUT2D eigenvalue weighted by Crippen LogP contribution is 2.36. The molecule has 3 rings (SSSR count). The maximum atomic E-state index is 5.44. The van der Waals surface area contributed by atoms with Crippen molar-refractivity contribution in [2.75, 3.05) is 12.4 Å². The molecule has 0 unspecified atom stereocenters. The number of methoxy groups -OCH3 is 1. The van der Waals surface area contributed by atoms with Crippen molar-refractivity contribution in [2.45, 2.75) is 30.0 Å². The lowest BCUT2D eigenvalue weighted by Gasteiger charge is -2.06. The Bertz CT molecular complexity index is 850. The first kappa shape index (κ1) is 18.6. The molecule has 0 aliphatic rings. The highest BCUT2D eigenvalue weighted by molar-refractivity contribution is 9.10. The van der Waals surface area contributed by atoms with Gasteiger partial charge in [-0.05, 0) is 32.0 Å². The van der Waals surface area contributed by atoms with Crippen LogP contribution in [0.4, 0.5) is 5.13 Å². The Balaban J connectivity index is 1.68. The van der Waals surface area contributed by atoms with Gasteiger partial charge in [0.2, 0.25) is 5.13 Å². The van der Waals surface area contributed by atoms with Crippen molar-refractivity contribution in [3.63, 3.8) is 0 Å². The van der Waals surface area contributed by atoms with Crippen LogP contribution in [0.1, 0.15) is 19.5 Å². The fraction of sp³-hybridized carbons (Fsp3) is 0.312. The van der Waals surface area contributed by atoms with Crippen molar-refractivity contribution in [1.82, 2.24) is 15.2 Å². The molecule has 1 aromatic carbocycles. The topological polar surface area (TPSA) is 59.9 Å². The zero-order chi connectivity index (χ0) is 17.8. The molecule has 9 heteroatoms. The van der Waals surface area contributed by atoms with Gasteiger partial charge in [0.05, 0.1) is 18.4 Å². The van der Waals surface area contributed by atoms with Gasteiger partial charge in [-0.15, -0.1) is 21.5 Å². The Morgan fingerprint density at radius 1 is 1.32 bits per heavy atom. The molecule has 25 heavy (non-hydrogen) atoms. The molecule has 1 N–H and O–H groups in total. The van der Waals surface area contributed by atoms with Gasteiger partial charge in [0, 0.05) is 21.6 Å². The predicted molar refractivity (Wildman–Crippen MR) is 110 cm³/mol. The molecule has 3 aromatic rings. The summed E-state index contributed by atoms with van der Waals surface area (Å²) in [5, 5.41) is 15.5. The second-order valence-corrected chi connectivity index (χ2v) is 9.42. The summed E-state index contributed by atoms with van der Waals surface area (Å²) >= 11 is 8.35. The van der Waals surface area contributed by atoms with E-state index in [0.717, 1.165) is 41.7 Å². The van der Waals surface area contributed by atoms with Crippen LogP contribution in [0.2, 0.25) is 0 Å². The normalized spacial score (nSPS) is 11.1. The van der Waals surface area contributed by atoms with Crippen LogP contribution in [-0.2, 0) is 5.75 Å². The summed E-state index contributed by atoms with van der Waals surface area (Å²) in [6, 6.07) is 6.29. The van der Waals surface area contributed by atoms with E-state index in [2.05, 4.69) is 50.7 Å². The van der Waals surface area contributed by atoms with Gasteiger partial charge in [0.15, 0.2) is 4.34 Å². The first-order chi connectivity index (χ1) is 12.0. The summed E-state index contributed by atoms with van der Waals surface area (Å²) in [7, 11) is 1.68. The third-order valence-electron chi connectivity index (χ3n) is 3.11. The van der Waals surface area contributed by atoms with Crippen LogP contribution in [-0.4, -0.2) is 28.3 Å². The lowest BCUT2D eigenvalue weighted by atomic mass is 10.2. The summed E-state index contributed by atoms with van der Waals surface area (Å²) < 4.78 is 7.39. The van der Waals surface area contributed by atoms with E-state index in [-0.39, 0.29) is 0 Å². The largest absolute Gasteiger partial charge is 0.496 e. The number of thiazole rings is 1. The van der Waals surface area contributed by atoms with Gasteiger partial charge < -0.3 is 10.1 Å². The minimum absolute atomic E-state index is 0.354. The summed E-state index contributed by atoms with van der Waals surface area (Å²) in [6.45, 7) is 4.17. The Morgan fingerprint density at radius 2 is 2.16 bits per heavy atom. The van der Waals surface area contributed by atoms with E-state index in [1.54, 1.807) is 41.5 Å². The maximum Gasteiger partial charge on any atom is 0.206 e. The molecule has 0 spiro atoms. The number of thioether (sulfide) groups is 1. The minimum Gasteiger partial charge on any atom is -0.496 e. The Hall–Kier alpha value is -1.16. The molecule has 0 aliphatic carbocycles. The zero-order valence-corrected chi connectivity index (χ0v) is 18.0. The highest BCUT2D eigenvalue weighted by atomic mass is 79.9. The van der Waals surface area contributed by atoms with Gasteiger partial charge in [-0.1, -0.05) is 39.0 Å². The van der Waals surface area contributed by atoms with Crippen LogP contribution in [0, 0.1) is 0 Å². The van der Waals surface area contributed by atoms with Crippen molar-refractivity contribution >= 4 is 55.5 Å². The van der Waals surface area contributed by atoms with Gasteiger partial charge in [0.1, 0.15) is 10.8 Å². The highest BCUT2D eigenvalue weighted by Gasteiger charge is 2.12. The fourth-order valence-corrected chi connectivity index (χ4v) is 5.15. The van der Waals surface area contributed by atoms with Crippen molar-refractivity contribution in [2.24, 2.45) is 0 Å². The van der Waals surface area contributed by atoms with Crippen LogP contribution in [0.25, 0.3) is 10.6 Å². The molecule has 0 amide bonds. The maximum absolute atomic E-state index is 5.44. The number of aromatic nitrogens is 3. The molecule has 0 fully saturated rings. The molecule has 132 valence electrons. The van der Waals surface area contributed by atoms with Crippen LogP contribution in [0.5, 0.6) is 5.75 Å². The van der Waals surface area contributed by atoms with Crippen molar-refractivity contribution < 1.29 is 4.74 Å². The minimum atomic E-state index is 0.354. The van der Waals surface area contributed by atoms with Crippen LogP contribution in [0.15, 0.2) is 32.4 Å². The van der Waals surface area contributed by atoms with Gasteiger partial charge in [-0.2, -0.15) is 0 Å². The van der Waals surface area contributed by atoms with Crippen LogP contribution in [0.3, 0.4) is 0 Å². The van der Waals surface area contributed by atoms with E-state index in [0.29, 0.717) is 6.04 Å². The Kier molecular flexibility index (Phi) is 6.32. The molecule has 0 aliphatic heterocycles. The molecule has 0 saturated carbocycles. The van der Waals surface area contributed by atoms with E-state index in [4.69, 9.17) is 9.72 Å². The number of anilines is 1. The van der Waals surface area contributed by atoms with Gasteiger partial charge in [0.25, 0.3) is 0 Å². The Morgan fingerprint density at radius 3 is 2.92 bits per heavy atom. The number of hydrogen-bond donors (Lipinski definition) is 1. The quantitative estimate of drug-likeness (QED) is 0.470. The van der Waals surface area contributed by atoms with Crippen LogP contribution >= 0.6 is 50.4 Å². The number of halogens is 1. The number of nitrogens with zero attached hydrogens (tertiary/aromatic N) is 3. The van der Waals surface area contributed by atoms with Gasteiger partial charge in [-0.25, -0.2) is 4.98 Å². The number of ether oxygens (including phenoxy) is 1. The van der Waals surface area contributed by atoms with E-state index in [1.165, 1.54) is 0 Å². The molecule has 5 nitrogen and oxygen atoms in total. The first-order valence-corrected chi connectivity index (χ1v) is 11.0. The Labute approximate surface area is 167 Å². The average Bonchev–Trinajstić information content (AvgIpc) is 3.21. The molecular weight excluding hydrogens is 440 g/mol. The standard InChI is InChI=1S/C16H17BrN4OS3/c1-9(2)18-15-20-21-16(25-15)24-8-11-7-23-14(19-11)12-6-10(17)4-5-13(12)22-3/h4-7,9H,8H2,1-3H3,(H,18,20). The number of benzene rings is 1. The SMILES string of the molecule is COc1ccc(Br)cc1-c1nc(CSc2nnc(NC(C)C)s2)cs1. The van der Waals surface area contributed by atoms with Crippen molar-refractivity contribution in [3.8, 4) is 16.3 Å². The molecule has 0 atom stereocenters. The summed E-state index contributed by atoms with van der Waals surface area (Å²) in [4.78, 5) is 4.74. The first-order valence-electron chi connectivity index (χ1n) is 7.56.